The monoisotopic (exact) mass is 203 g/mol. The number of carboxylic acids is 1. The van der Waals surface area contributed by atoms with Crippen molar-refractivity contribution in [3.8, 4) is 11.3 Å². The number of aromatic nitrogens is 1. The number of nitrogens with zero attached hydrogens (tertiary/aromatic N) is 1. The molecule has 4 nitrogen and oxygen atoms in total. The summed E-state index contributed by atoms with van der Waals surface area (Å²) < 4.78 is 5.23. The van der Waals surface area contributed by atoms with Crippen molar-refractivity contribution in [2.45, 2.75) is 6.92 Å². The van der Waals surface area contributed by atoms with Gasteiger partial charge in [-0.3, -0.25) is 4.98 Å². The molecule has 0 aliphatic rings. The second-order valence-corrected chi connectivity index (χ2v) is 3.16. The number of rotatable bonds is 2. The molecule has 4 heteroatoms. The van der Waals surface area contributed by atoms with Gasteiger partial charge in [0.2, 0.25) is 5.76 Å². The third-order valence-corrected chi connectivity index (χ3v) is 2.07. The summed E-state index contributed by atoms with van der Waals surface area (Å²) in [7, 11) is 0. The van der Waals surface area contributed by atoms with Gasteiger partial charge < -0.3 is 9.52 Å². The van der Waals surface area contributed by atoms with E-state index in [1.54, 1.807) is 24.5 Å². The van der Waals surface area contributed by atoms with Gasteiger partial charge in [0.25, 0.3) is 0 Å². The SMILES string of the molecule is Cc1cc(C(=O)O)oc1-c1ccncc1. The van der Waals surface area contributed by atoms with Crippen LogP contribution >= 0.6 is 0 Å². The molecule has 0 fully saturated rings. The highest BCUT2D eigenvalue weighted by molar-refractivity contribution is 5.85. The maximum Gasteiger partial charge on any atom is 0.371 e. The highest BCUT2D eigenvalue weighted by Crippen LogP contribution is 2.25. The van der Waals surface area contributed by atoms with Gasteiger partial charge in [-0.25, -0.2) is 4.79 Å². The van der Waals surface area contributed by atoms with E-state index in [9.17, 15) is 4.79 Å². The van der Waals surface area contributed by atoms with Gasteiger partial charge in [0.05, 0.1) is 0 Å². The normalized spacial score (nSPS) is 10.2. The van der Waals surface area contributed by atoms with Crippen LogP contribution in [0, 0.1) is 6.92 Å². The van der Waals surface area contributed by atoms with Crippen LogP contribution in [0.4, 0.5) is 0 Å². The van der Waals surface area contributed by atoms with Crippen molar-refractivity contribution in [2.24, 2.45) is 0 Å². The Balaban J connectivity index is 2.50. The summed E-state index contributed by atoms with van der Waals surface area (Å²) in [5.41, 5.74) is 1.63. The lowest BCUT2D eigenvalue weighted by atomic mass is 10.1. The van der Waals surface area contributed by atoms with Crippen LogP contribution in [0.3, 0.4) is 0 Å². The predicted octanol–water partition coefficient (Wildman–Crippen LogP) is 2.35. The average molecular weight is 203 g/mol. The molecule has 0 saturated carbocycles. The number of pyridine rings is 1. The van der Waals surface area contributed by atoms with E-state index in [1.807, 2.05) is 6.92 Å². The molecule has 0 atom stereocenters. The fraction of sp³-hybridized carbons (Fsp3) is 0.0909. The average Bonchev–Trinajstić information content (AvgIpc) is 2.62. The zero-order valence-electron chi connectivity index (χ0n) is 8.10. The number of aromatic carboxylic acids is 1. The van der Waals surface area contributed by atoms with Gasteiger partial charge in [-0.1, -0.05) is 0 Å². The third kappa shape index (κ3) is 1.74. The number of hydrogen-bond acceptors (Lipinski definition) is 3. The Bertz CT molecular complexity index is 488. The second-order valence-electron chi connectivity index (χ2n) is 3.16. The quantitative estimate of drug-likeness (QED) is 0.813. The number of carboxylic acid groups (broad SMARTS) is 1. The molecule has 1 N–H and O–H groups in total. The molecular weight excluding hydrogens is 194 g/mol. The van der Waals surface area contributed by atoms with E-state index < -0.39 is 5.97 Å². The number of aryl methyl sites for hydroxylation is 1. The van der Waals surface area contributed by atoms with E-state index in [0.717, 1.165) is 11.1 Å². The molecular formula is C11H9NO3. The van der Waals surface area contributed by atoms with Crippen molar-refractivity contribution in [2.75, 3.05) is 0 Å². The maximum atomic E-state index is 10.7. The molecule has 2 aromatic heterocycles. The zero-order valence-corrected chi connectivity index (χ0v) is 8.10. The van der Waals surface area contributed by atoms with Crippen LogP contribution in [-0.2, 0) is 0 Å². The van der Waals surface area contributed by atoms with Gasteiger partial charge >= 0.3 is 5.97 Å². The summed E-state index contributed by atoms with van der Waals surface area (Å²) in [5, 5.41) is 8.76. The molecule has 0 aromatic carbocycles. The largest absolute Gasteiger partial charge is 0.475 e. The lowest BCUT2D eigenvalue weighted by Gasteiger charge is -1.96. The Labute approximate surface area is 86.2 Å². The second kappa shape index (κ2) is 3.57. The lowest BCUT2D eigenvalue weighted by molar-refractivity contribution is 0.0663. The van der Waals surface area contributed by atoms with Gasteiger partial charge in [-0.15, -0.1) is 0 Å². The Morgan fingerprint density at radius 2 is 2.07 bits per heavy atom. The lowest BCUT2D eigenvalue weighted by Crippen LogP contribution is -1.91. The van der Waals surface area contributed by atoms with E-state index in [2.05, 4.69) is 4.98 Å². The van der Waals surface area contributed by atoms with Gasteiger partial charge in [0.1, 0.15) is 5.76 Å². The Kier molecular flexibility index (Phi) is 2.25. The van der Waals surface area contributed by atoms with Crippen LogP contribution in [0.15, 0.2) is 35.0 Å². The smallest absolute Gasteiger partial charge is 0.371 e. The first kappa shape index (κ1) is 9.45. The van der Waals surface area contributed by atoms with Gasteiger partial charge in [0, 0.05) is 18.0 Å². The van der Waals surface area contributed by atoms with E-state index in [-0.39, 0.29) is 5.76 Å². The Hall–Kier alpha value is -2.10. The molecule has 0 aliphatic heterocycles. The molecule has 0 radical (unpaired) electrons. The molecule has 0 aliphatic carbocycles. The maximum absolute atomic E-state index is 10.7. The van der Waals surface area contributed by atoms with Gasteiger partial charge in [0.15, 0.2) is 0 Å². The van der Waals surface area contributed by atoms with Crippen molar-refractivity contribution in [1.82, 2.24) is 4.98 Å². The highest BCUT2D eigenvalue weighted by Gasteiger charge is 2.13. The molecule has 2 rings (SSSR count). The molecule has 2 heterocycles. The molecule has 0 spiro atoms. The standard InChI is InChI=1S/C11H9NO3/c1-7-6-9(11(13)14)15-10(7)8-2-4-12-5-3-8/h2-6H,1H3,(H,13,14). The molecule has 2 aromatic rings. The van der Waals surface area contributed by atoms with Crippen molar-refractivity contribution in [3.63, 3.8) is 0 Å². The fourth-order valence-electron chi connectivity index (χ4n) is 1.38. The van der Waals surface area contributed by atoms with Crippen molar-refractivity contribution < 1.29 is 14.3 Å². The summed E-state index contributed by atoms with van der Waals surface area (Å²) in [6.45, 7) is 1.81. The summed E-state index contributed by atoms with van der Waals surface area (Å²) in [4.78, 5) is 14.6. The molecule has 0 saturated heterocycles. The summed E-state index contributed by atoms with van der Waals surface area (Å²) in [6.07, 6.45) is 3.27. The minimum absolute atomic E-state index is 0.0423. The molecule has 15 heavy (non-hydrogen) atoms. The third-order valence-electron chi connectivity index (χ3n) is 2.07. The van der Waals surface area contributed by atoms with Crippen LogP contribution in [0.2, 0.25) is 0 Å². The van der Waals surface area contributed by atoms with E-state index in [0.29, 0.717) is 5.76 Å². The van der Waals surface area contributed by atoms with Gasteiger partial charge in [-0.2, -0.15) is 0 Å². The fourth-order valence-corrected chi connectivity index (χ4v) is 1.38. The Morgan fingerprint density at radius 3 is 2.60 bits per heavy atom. The number of furan rings is 1. The number of carbonyl (C=O) groups is 1. The topological polar surface area (TPSA) is 63.3 Å². The molecule has 76 valence electrons. The first-order valence-electron chi connectivity index (χ1n) is 4.42. The number of hydrogen-bond donors (Lipinski definition) is 1. The van der Waals surface area contributed by atoms with Crippen molar-refractivity contribution in [1.29, 1.82) is 0 Å². The van der Waals surface area contributed by atoms with Crippen LogP contribution < -0.4 is 0 Å². The summed E-state index contributed by atoms with van der Waals surface area (Å²) >= 11 is 0. The van der Waals surface area contributed by atoms with E-state index in [1.165, 1.54) is 6.07 Å². The zero-order chi connectivity index (χ0) is 10.8. The van der Waals surface area contributed by atoms with Crippen molar-refractivity contribution >= 4 is 5.97 Å². The minimum atomic E-state index is -1.06. The van der Waals surface area contributed by atoms with E-state index in [4.69, 9.17) is 9.52 Å². The van der Waals surface area contributed by atoms with Crippen LogP contribution in [0.25, 0.3) is 11.3 Å². The van der Waals surface area contributed by atoms with Crippen LogP contribution in [0.1, 0.15) is 16.1 Å². The van der Waals surface area contributed by atoms with Crippen LogP contribution in [0.5, 0.6) is 0 Å². The minimum Gasteiger partial charge on any atom is -0.475 e. The molecule has 0 unspecified atom stereocenters. The van der Waals surface area contributed by atoms with Crippen molar-refractivity contribution in [3.05, 3.63) is 41.9 Å². The van der Waals surface area contributed by atoms with Gasteiger partial charge in [-0.05, 0) is 30.7 Å². The van der Waals surface area contributed by atoms with E-state index >= 15 is 0 Å². The highest BCUT2D eigenvalue weighted by atomic mass is 16.4. The molecule has 0 bridgehead atoms. The Morgan fingerprint density at radius 1 is 1.40 bits per heavy atom. The first-order valence-corrected chi connectivity index (χ1v) is 4.42. The molecule has 0 amide bonds. The summed E-state index contributed by atoms with van der Waals surface area (Å²) in [6, 6.07) is 5.06. The predicted molar refractivity (Wildman–Crippen MR) is 53.6 cm³/mol. The van der Waals surface area contributed by atoms with Crippen LogP contribution in [-0.4, -0.2) is 16.1 Å². The summed E-state index contributed by atoms with van der Waals surface area (Å²) in [5.74, 6) is -0.521. The first-order chi connectivity index (χ1) is 7.18.